The molecule has 1 amide bonds. The largest absolute Gasteiger partial charge is 0.448 e. The first kappa shape index (κ1) is 17.9. The lowest BCUT2D eigenvalue weighted by atomic mass is 9.86. The zero-order valence-electron chi connectivity index (χ0n) is 14.4. The molecule has 1 aromatic carbocycles. The molecule has 1 saturated carbocycles. The monoisotopic (exact) mass is 363 g/mol. The van der Waals surface area contributed by atoms with Crippen molar-refractivity contribution in [1.82, 2.24) is 5.32 Å². The third-order valence-corrected chi connectivity index (χ3v) is 5.88. The highest BCUT2D eigenvalue weighted by molar-refractivity contribution is 7.20. The van der Waals surface area contributed by atoms with Crippen LogP contribution in [0, 0.1) is 11.7 Å². The van der Waals surface area contributed by atoms with Crippen LogP contribution in [0.25, 0.3) is 10.1 Å². The average Bonchev–Trinajstić information content (AvgIpc) is 3.02. The van der Waals surface area contributed by atoms with E-state index in [0.717, 1.165) is 30.6 Å². The van der Waals surface area contributed by atoms with E-state index in [9.17, 15) is 14.0 Å². The van der Waals surface area contributed by atoms with E-state index < -0.39 is 12.1 Å². The van der Waals surface area contributed by atoms with Crippen molar-refractivity contribution in [3.8, 4) is 0 Å². The van der Waals surface area contributed by atoms with Gasteiger partial charge in [-0.2, -0.15) is 0 Å². The van der Waals surface area contributed by atoms with Crippen molar-refractivity contribution in [1.29, 1.82) is 0 Å². The summed E-state index contributed by atoms with van der Waals surface area (Å²) in [7, 11) is 0. The van der Waals surface area contributed by atoms with Crippen LogP contribution in [0.4, 0.5) is 4.39 Å². The maximum atomic E-state index is 13.7. The summed E-state index contributed by atoms with van der Waals surface area (Å²) >= 11 is 1.16. The van der Waals surface area contributed by atoms with Gasteiger partial charge in [-0.1, -0.05) is 25.8 Å². The van der Waals surface area contributed by atoms with Crippen molar-refractivity contribution in [2.75, 3.05) is 0 Å². The third kappa shape index (κ3) is 4.00. The highest BCUT2D eigenvalue weighted by Gasteiger charge is 2.27. The zero-order valence-corrected chi connectivity index (χ0v) is 15.2. The topological polar surface area (TPSA) is 55.4 Å². The Kier molecular flexibility index (Phi) is 5.37. The summed E-state index contributed by atoms with van der Waals surface area (Å²) in [6, 6.07) is 6.32. The first-order valence-electron chi connectivity index (χ1n) is 8.65. The molecule has 3 atom stereocenters. The van der Waals surface area contributed by atoms with Gasteiger partial charge in [-0.15, -0.1) is 11.3 Å². The molecule has 1 aliphatic rings. The molecule has 1 aromatic heterocycles. The van der Waals surface area contributed by atoms with Crippen molar-refractivity contribution in [3.63, 3.8) is 0 Å². The van der Waals surface area contributed by atoms with Crippen LogP contribution in [0.1, 0.15) is 49.2 Å². The molecule has 6 heteroatoms. The molecule has 1 fully saturated rings. The van der Waals surface area contributed by atoms with Crippen molar-refractivity contribution in [2.45, 2.75) is 51.7 Å². The van der Waals surface area contributed by atoms with Crippen LogP contribution in [-0.2, 0) is 9.53 Å². The Bertz CT molecular complexity index is 788. The molecule has 0 radical (unpaired) electrons. The summed E-state index contributed by atoms with van der Waals surface area (Å²) in [5.41, 5.74) is 0. The number of carbonyl (C=O) groups excluding carboxylic acids is 2. The third-order valence-electron chi connectivity index (χ3n) is 4.80. The molecule has 134 valence electrons. The fraction of sp³-hybridized carbons (Fsp3) is 0.474. The van der Waals surface area contributed by atoms with E-state index in [1.54, 1.807) is 19.1 Å². The van der Waals surface area contributed by atoms with Gasteiger partial charge in [-0.25, -0.2) is 9.18 Å². The minimum Gasteiger partial charge on any atom is -0.448 e. The van der Waals surface area contributed by atoms with Crippen molar-refractivity contribution in [3.05, 3.63) is 35.0 Å². The summed E-state index contributed by atoms with van der Waals surface area (Å²) < 4.78 is 19.7. The van der Waals surface area contributed by atoms with Crippen LogP contribution in [0.3, 0.4) is 0 Å². The lowest BCUT2D eigenvalue weighted by Crippen LogP contribution is -2.45. The molecule has 0 saturated heterocycles. The molecule has 0 bridgehead atoms. The Morgan fingerprint density at radius 3 is 2.80 bits per heavy atom. The van der Waals surface area contributed by atoms with Crippen LogP contribution in [-0.4, -0.2) is 24.0 Å². The summed E-state index contributed by atoms with van der Waals surface area (Å²) in [4.78, 5) is 24.9. The van der Waals surface area contributed by atoms with Crippen molar-refractivity contribution < 1.29 is 18.7 Å². The summed E-state index contributed by atoms with van der Waals surface area (Å²) in [5, 5.41) is 3.38. The number of hydrogen-bond donors (Lipinski definition) is 1. The average molecular weight is 363 g/mol. The molecule has 1 heterocycles. The second-order valence-corrected chi connectivity index (χ2v) is 7.77. The van der Waals surface area contributed by atoms with Crippen LogP contribution in [0.5, 0.6) is 0 Å². The maximum Gasteiger partial charge on any atom is 0.349 e. The highest BCUT2D eigenvalue weighted by atomic mass is 32.1. The molecule has 0 unspecified atom stereocenters. The number of ether oxygens (including phenoxy) is 1. The Hall–Kier alpha value is -1.95. The van der Waals surface area contributed by atoms with E-state index in [2.05, 4.69) is 12.2 Å². The van der Waals surface area contributed by atoms with E-state index in [1.165, 1.54) is 18.6 Å². The van der Waals surface area contributed by atoms with Crippen molar-refractivity contribution in [2.24, 2.45) is 5.92 Å². The number of hydrogen-bond acceptors (Lipinski definition) is 4. The van der Waals surface area contributed by atoms with Gasteiger partial charge in [-0.3, -0.25) is 4.79 Å². The second-order valence-electron chi connectivity index (χ2n) is 6.69. The van der Waals surface area contributed by atoms with Gasteiger partial charge in [0.1, 0.15) is 10.7 Å². The van der Waals surface area contributed by atoms with Crippen LogP contribution < -0.4 is 5.32 Å². The lowest BCUT2D eigenvalue weighted by Gasteiger charge is -2.30. The lowest BCUT2D eigenvalue weighted by molar-refractivity contribution is -0.130. The highest BCUT2D eigenvalue weighted by Crippen LogP contribution is 2.28. The molecule has 1 N–H and O–H groups in total. The standard InChI is InChI=1S/C19H22FNO3S/c1-11-6-3-4-8-15(11)21-18(22)12(2)24-19(23)17-10-13-14(20)7-5-9-16(13)25-17/h5,7,9-12,15H,3-4,6,8H2,1-2H3,(H,21,22)/t11-,12+,15-/m0/s1. The number of rotatable bonds is 4. The van der Waals surface area contributed by atoms with E-state index >= 15 is 0 Å². The number of fused-ring (bicyclic) bond motifs is 1. The van der Waals surface area contributed by atoms with E-state index in [0.29, 0.717) is 20.9 Å². The van der Waals surface area contributed by atoms with Gasteiger partial charge < -0.3 is 10.1 Å². The maximum absolute atomic E-state index is 13.7. The molecular weight excluding hydrogens is 341 g/mol. The predicted octanol–water partition coefficient (Wildman–Crippen LogP) is 4.28. The number of carbonyl (C=O) groups is 2. The van der Waals surface area contributed by atoms with E-state index in [4.69, 9.17) is 4.74 Å². The van der Waals surface area contributed by atoms with Gasteiger partial charge >= 0.3 is 5.97 Å². The van der Waals surface area contributed by atoms with Gasteiger partial charge in [0.15, 0.2) is 6.10 Å². The van der Waals surface area contributed by atoms with E-state index in [-0.39, 0.29) is 17.8 Å². The van der Waals surface area contributed by atoms with Gasteiger partial charge in [-0.05, 0) is 43.9 Å². The molecule has 1 aliphatic carbocycles. The fourth-order valence-corrected chi connectivity index (χ4v) is 4.19. The summed E-state index contributed by atoms with van der Waals surface area (Å²) in [5.74, 6) is -0.810. The molecule has 2 aromatic rings. The Labute approximate surface area is 150 Å². The minimum atomic E-state index is -0.878. The van der Waals surface area contributed by atoms with Crippen LogP contribution >= 0.6 is 11.3 Å². The van der Waals surface area contributed by atoms with Gasteiger partial charge in [0, 0.05) is 16.1 Å². The Morgan fingerprint density at radius 2 is 2.08 bits per heavy atom. The van der Waals surface area contributed by atoms with Gasteiger partial charge in [0.2, 0.25) is 0 Å². The number of benzene rings is 1. The summed E-state index contributed by atoms with van der Waals surface area (Å²) in [6.07, 6.45) is 3.49. The Balaban J connectivity index is 1.62. The first-order valence-corrected chi connectivity index (χ1v) is 9.47. The van der Waals surface area contributed by atoms with E-state index in [1.807, 2.05) is 0 Å². The number of amides is 1. The quantitative estimate of drug-likeness (QED) is 0.825. The molecule has 25 heavy (non-hydrogen) atoms. The number of thiophene rings is 1. The minimum absolute atomic E-state index is 0.140. The molecule has 0 aliphatic heterocycles. The predicted molar refractivity (Wildman–Crippen MR) is 96.2 cm³/mol. The fourth-order valence-electron chi connectivity index (χ4n) is 3.23. The number of halogens is 1. The van der Waals surface area contributed by atoms with Crippen LogP contribution in [0.15, 0.2) is 24.3 Å². The number of esters is 1. The first-order chi connectivity index (χ1) is 12.0. The molecule has 4 nitrogen and oxygen atoms in total. The second kappa shape index (κ2) is 7.52. The Morgan fingerprint density at radius 1 is 1.32 bits per heavy atom. The number of nitrogens with one attached hydrogen (secondary N) is 1. The zero-order chi connectivity index (χ0) is 18.0. The normalized spacial score (nSPS) is 21.7. The molecular formula is C19H22FNO3S. The summed E-state index contributed by atoms with van der Waals surface area (Å²) in [6.45, 7) is 3.70. The smallest absolute Gasteiger partial charge is 0.349 e. The van der Waals surface area contributed by atoms with Gasteiger partial charge in [0.05, 0.1) is 0 Å². The van der Waals surface area contributed by atoms with Crippen molar-refractivity contribution >= 4 is 33.3 Å². The molecule has 3 rings (SSSR count). The molecule has 0 spiro atoms. The van der Waals surface area contributed by atoms with Crippen LogP contribution in [0.2, 0.25) is 0 Å². The SMILES string of the molecule is C[C@@H](OC(=O)c1cc2c(F)cccc2s1)C(=O)N[C@H]1CCCC[C@@H]1C. The van der Waals surface area contributed by atoms with Gasteiger partial charge in [0.25, 0.3) is 5.91 Å².